The van der Waals surface area contributed by atoms with Gasteiger partial charge in [0.25, 0.3) is 0 Å². The Balaban J connectivity index is 2.45. The van der Waals surface area contributed by atoms with Crippen molar-refractivity contribution >= 4 is 0 Å². The summed E-state index contributed by atoms with van der Waals surface area (Å²) in [6.07, 6.45) is 1.02. The third kappa shape index (κ3) is 5.88. The van der Waals surface area contributed by atoms with Gasteiger partial charge >= 0.3 is 0 Å². The summed E-state index contributed by atoms with van der Waals surface area (Å²) in [5.74, 6) is 0. The van der Waals surface area contributed by atoms with E-state index in [9.17, 15) is 0 Å². The van der Waals surface area contributed by atoms with Crippen LogP contribution in [0.1, 0.15) is 13.3 Å². The van der Waals surface area contributed by atoms with Crippen LogP contribution in [0.25, 0.3) is 0 Å². The summed E-state index contributed by atoms with van der Waals surface area (Å²) < 4.78 is 0. The van der Waals surface area contributed by atoms with E-state index < -0.39 is 0 Å². The van der Waals surface area contributed by atoms with Crippen LogP contribution in [0, 0.1) is 0 Å². The average Bonchev–Trinajstić information content (AvgIpc) is 1.69. The van der Waals surface area contributed by atoms with Gasteiger partial charge in [0.2, 0.25) is 0 Å². The minimum Gasteiger partial charge on any atom is -0.317 e. The van der Waals surface area contributed by atoms with Gasteiger partial charge in [0.05, 0.1) is 13.3 Å². The quantitative estimate of drug-likeness (QED) is 0.296. The topological polar surface area (TPSA) is 47.3 Å². The van der Waals surface area contributed by atoms with Crippen molar-refractivity contribution in [2.24, 2.45) is 5.73 Å². The number of hydrogen-bond acceptors (Lipinski definition) is 3. The molecule has 0 saturated heterocycles. The molecule has 0 aromatic heterocycles. The number of nitrogens with two attached hydrogens (primary N) is 1. The zero-order valence-electron chi connectivity index (χ0n) is 4.61. The van der Waals surface area contributed by atoms with Gasteiger partial charge in [0.15, 0.2) is 0 Å². The third-order valence-electron chi connectivity index (χ3n) is 0.492. The van der Waals surface area contributed by atoms with Crippen molar-refractivity contribution in [1.82, 2.24) is 5.48 Å². The second kappa shape index (κ2) is 5.88. The van der Waals surface area contributed by atoms with Gasteiger partial charge in [0, 0.05) is 0 Å². The molecule has 0 aliphatic rings. The molecule has 0 atom stereocenters. The van der Waals surface area contributed by atoms with Gasteiger partial charge in [-0.05, 0) is 6.42 Å². The van der Waals surface area contributed by atoms with Crippen molar-refractivity contribution in [3.05, 3.63) is 0 Å². The molecule has 0 aliphatic heterocycles. The maximum Gasteiger partial charge on any atom is 0.0680 e. The van der Waals surface area contributed by atoms with E-state index in [4.69, 9.17) is 10.6 Å². The Kier molecular flexibility index (Phi) is 5.78. The van der Waals surface area contributed by atoms with Crippen LogP contribution in [0.2, 0.25) is 0 Å². The lowest BCUT2D eigenvalue weighted by Gasteiger charge is -1.97. The second-order valence-electron chi connectivity index (χ2n) is 1.20. The van der Waals surface area contributed by atoms with Crippen molar-refractivity contribution in [3.63, 3.8) is 0 Å². The average molecular weight is 104 g/mol. The molecule has 0 fully saturated rings. The molecule has 7 heavy (non-hydrogen) atoms. The van der Waals surface area contributed by atoms with E-state index in [1.54, 1.807) is 0 Å². The standard InChI is InChI=1S/C4H12N2O/c1-2-3-7-6-4-5/h6H,2-5H2,1H3. The van der Waals surface area contributed by atoms with Gasteiger partial charge in [0.1, 0.15) is 0 Å². The third-order valence-corrected chi connectivity index (χ3v) is 0.492. The molecule has 0 amide bonds. The van der Waals surface area contributed by atoms with Crippen molar-refractivity contribution in [1.29, 1.82) is 0 Å². The monoisotopic (exact) mass is 104 g/mol. The van der Waals surface area contributed by atoms with Gasteiger partial charge in [-0.1, -0.05) is 6.92 Å². The first-order chi connectivity index (χ1) is 3.41. The molecule has 0 saturated carbocycles. The van der Waals surface area contributed by atoms with Crippen LogP contribution in [0.3, 0.4) is 0 Å². The van der Waals surface area contributed by atoms with Crippen LogP contribution >= 0.6 is 0 Å². The summed E-state index contributed by atoms with van der Waals surface area (Å²) in [6, 6.07) is 0. The van der Waals surface area contributed by atoms with Gasteiger partial charge in [-0.15, -0.1) is 0 Å². The lowest BCUT2D eigenvalue weighted by Crippen LogP contribution is -2.22. The molecular formula is C4H12N2O. The molecule has 0 rings (SSSR count). The normalized spacial score (nSPS) is 9.43. The van der Waals surface area contributed by atoms with Gasteiger partial charge in [-0.25, -0.2) is 0 Å². The summed E-state index contributed by atoms with van der Waals surface area (Å²) >= 11 is 0. The van der Waals surface area contributed by atoms with Crippen LogP contribution in [0.15, 0.2) is 0 Å². The van der Waals surface area contributed by atoms with Crippen LogP contribution < -0.4 is 11.2 Å². The van der Waals surface area contributed by atoms with E-state index in [1.807, 2.05) is 6.92 Å². The number of hydrogen-bond donors (Lipinski definition) is 2. The van der Waals surface area contributed by atoms with Crippen molar-refractivity contribution in [3.8, 4) is 0 Å². The van der Waals surface area contributed by atoms with Gasteiger partial charge in [-0.3, -0.25) is 0 Å². The fraction of sp³-hybridized carbons (Fsp3) is 1.00. The van der Waals surface area contributed by atoms with E-state index in [0.29, 0.717) is 6.67 Å². The summed E-state index contributed by atoms with van der Waals surface area (Å²) in [6.45, 7) is 3.16. The van der Waals surface area contributed by atoms with Crippen LogP contribution in [-0.4, -0.2) is 13.3 Å². The molecule has 44 valence electrons. The number of rotatable bonds is 4. The van der Waals surface area contributed by atoms with Crippen molar-refractivity contribution in [2.45, 2.75) is 13.3 Å². The summed E-state index contributed by atoms with van der Waals surface area (Å²) in [5, 5.41) is 0. The van der Waals surface area contributed by atoms with Gasteiger partial charge in [-0.2, -0.15) is 5.48 Å². The molecule has 3 nitrogen and oxygen atoms in total. The zero-order chi connectivity index (χ0) is 5.54. The molecule has 3 heteroatoms. The summed E-state index contributed by atoms with van der Waals surface area (Å²) in [5.41, 5.74) is 7.56. The largest absolute Gasteiger partial charge is 0.317 e. The smallest absolute Gasteiger partial charge is 0.0680 e. The molecule has 0 spiro atoms. The molecule has 0 aromatic carbocycles. The maximum atomic E-state index is 5.03. The minimum atomic E-state index is 0.389. The molecule has 3 N–H and O–H groups in total. The molecule has 0 heterocycles. The van der Waals surface area contributed by atoms with Crippen LogP contribution in [-0.2, 0) is 4.84 Å². The van der Waals surface area contributed by atoms with E-state index >= 15 is 0 Å². The first-order valence-corrected chi connectivity index (χ1v) is 2.46. The highest BCUT2D eigenvalue weighted by Crippen LogP contribution is 1.71. The second-order valence-corrected chi connectivity index (χ2v) is 1.20. The number of hydroxylamine groups is 1. The molecule has 0 radical (unpaired) electrons. The lowest BCUT2D eigenvalue weighted by molar-refractivity contribution is 0.0433. The van der Waals surface area contributed by atoms with Crippen LogP contribution in [0.5, 0.6) is 0 Å². The van der Waals surface area contributed by atoms with E-state index in [2.05, 4.69) is 5.48 Å². The Morgan fingerprint density at radius 2 is 2.43 bits per heavy atom. The predicted molar refractivity (Wildman–Crippen MR) is 28.4 cm³/mol. The fourth-order valence-corrected chi connectivity index (χ4v) is 0.233. The van der Waals surface area contributed by atoms with E-state index in [1.165, 1.54) is 0 Å². The summed E-state index contributed by atoms with van der Waals surface area (Å²) in [4.78, 5) is 4.76. The maximum absolute atomic E-state index is 5.03. The zero-order valence-corrected chi connectivity index (χ0v) is 4.61. The Morgan fingerprint density at radius 3 is 2.86 bits per heavy atom. The van der Waals surface area contributed by atoms with Crippen molar-refractivity contribution < 1.29 is 4.84 Å². The fourth-order valence-electron chi connectivity index (χ4n) is 0.233. The molecule has 0 aliphatic carbocycles. The molecule has 0 bridgehead atoms. The van der Waals surface area contributed by atoms with E-state index in [0.717, 1.165) is 13.0 Å². The van der Waals surface area contributed by atoms with Gasteiger partial charge < -0.3 is 10.6 Å². The Labute approximate surface area is 43.8 Å². The highest BCUT2D eigenvalue weighted by atomic mass is 16.6. The van der Waals surface area contributed by atoms with E-state index in [-0.39, 0.29) is 0 Å². The molecular weight excluding hydrogens is 92.1 g/mol. The first-order valence-electron chi connectivity index (χ1n) is 2.46. The van der Waals surface area contributed by atoms with Crippen LogP contribution in [0.4, 0.5) is 0 Å². The summed E-state index contributed by atoms with van der Waals surface area (Å²) in [7, 11) is 0. The SMILES string of the molecule is CCCONCN. The Hall–Kier alpha value is -0.120. The molecule has 0 unspecified atom stereocenters. The van der Waals surface area contributed by atoms with Crippen molar-refractivity contribution in [2.75, 3.05) is 13.3 Å². The minimum absolute atomic E-state index is 0.389. The predicted octanol–water partition coefficient (Wildman–Crippen LogP) is -0.166. The highest BCUT2D eigenvalue weighted by Gasteiger charge is 1.75. The number of nitrogens with one attached hydrogen (secondary N) is 1. The Morgan fingerprint density at radius 1 is 1.71 bits per heavy atom. The highest BCUT2D eigenvalue weighted by molar-refractivity contribution is 4.18. The first kappa shape index (κ1) is 6.88. The Bertz CT molecular complexity index is 28.9. The lowest BCUT2D eigenvalue weighted by atomic mass is 10.5. The molecule has 0 aromatic rings.